The first kappa shape index (κ1) is 14.5. The maximum atomic E-state index is 8.83. The van der Waals surface area contributed by atoms with Gasteiger partial charge in [-0.25, -0.2) is 0 Å². The molecule has 108 valence electrons. The fourth-order valence-electron chi connectivity index (χ4n) is 1.79. The van der Waals surface area contributed by atoms with Gasteiger partial charge >= 0.3 is 0 Å². The number of nitrogens with zero attached hydrogens (tertiary/aromatic N) is 3. The number of aryl methyl sites for hydroxylation is 1. The van der Waals surface area contributed by atoms with Gasteiger partial charge in [0, 0.05) is 24.5 Å². The maximum absolute atomic E-state index is 8.83. The van der Waals surface area contributed by atoms with Crippen LogP contribution in [0.25, 0.3) is 0 Å². The highest BCUT2D eigenvalue weighted by Crippen LogP contribution is 2.22. The Balaban J connectivity index is 2.14. The molecule has 0 amide bonds. The van der Waals surface area contributed by atoms with Crippen molar-refractivity contribution in [3.63, 3.8) is 0 Å². The van der Waals surface area contributed by atoms with Crippen LogP contribution in [0, 0.1) is 6.92 Å². The summed E-state index contributed by atoms with van der Waals surface area (Å²) in [5.41, 5.74) is 7.00. The summed E-state index contributed by atoms with van der Waals surface area (Å²) in [6.45, 7) is 3.36. The van der Waals surface area contributed by atoms with E-state index in [9.17, 15) is 0 Å². The minimum absolute atomic E-state index is 0.0451. The minimum Gasteiger partial charge on any atom is -0.395 e. The molecule has 0 bridgehead atoms. The monoisotopic (exact) mass is 293 g/mol. The molecule has 0 fully saturated rings. The van der Waals surface area contributed by atoms with Crippen molar-refractivity contribution in [2.45, 2.75) is 13.5 Å². The van der Waals surface area contributed by atoms with E-state index in [4.69, 9.17) is 10.8 Å². The lowest BCUT2D eigenvalue weighted by Gasteiger charge is -2.19. The molecule has 4 N–H and O–H groups in total. The van der Waals surface area contributed by atoms with Gasteiger partial charge in [0.25, 0.3) is 0 Å². The normalized spacial score (nSPS) is 10.6. The average Bonchev–Trinajstić information content (AvgIpc) is 2.81. The molecule has 0 aliphatic carbocycles. The molecule has 0 spiro atoms. The summed E-state index contributed by atoms with van der Waals surface area (Å²) in [7, 11) is 1.97. The van der Waals surface area contributed by atoms with Crippen LogP contribution in [0.5, 0.6) is 0 Å². The molecular weight excluding hydrogens is 274 g/mol. The summed E-state index contributed by atoms with van der Waals surface area (Å²) >= 11 is 1.73. The number of hydrogen-bond acceptors (Lipinski definition) is 7. The van der Waals surface area contributed by atoms with Gasteiger partial charge < -0.3 is 21.1 Å². The smallest absolute Gasteiger partial charge is 0.223 e. The van der Waals surface area contributed by atoms with Gasteiger partial charge in [0.15, 0.2) is 0 Å². The number of nitrogen functional groups attached to an aromatic ring is 1. The zero-order chi connectivity index (χ0) is 14.5. The molecule has 0 atom stereocenters. The Morgan fingerprint density at radius 2 is 2.25 bits per heavy atom. The maximum Gasteiger partial charge on any atom is 0.223 e. The molecule has 20 heavy (non-hydrogen) atoms. The van der Waals surface area contributed by atoms with E-state index in [1.165, 1.54) is 10.4 Å². The van der Waals surface area contributed by atoms with E-state index in [1.54, 1.807) is 11.3 Å². The number of anilines is 3. The Morgan fingerprint density at radius 3 is 2.90 bits per heavy atom. The average molecular weight is 293 g/mol. The highest BCUT2D eigenvalue weighted by atomic mass is 32.1. The molecule has 7 heteroatoms. The van der Waals surface area contributed by atoms with Gasteiger partial charge in [-0.2, -0.15) is 9.97 Å². The predicted octanol–water partition coefficient (Wildman–Crippen LogP) is 1.47. The first-order chi connectivity index (χ1) is 9.60. The molecule has 6 nitrogen and oxygen atoms in total. The van der Waals surface area contributed by atoms with Gasteiger partial charge in [0.05, 0.1) is 13.2 Å². The minimum atomic E-state index is 0.0451. The first-order valence-corrected chi connectivity index (χ1v) is 7.21. The van der Waals surface area contributed by atoms with E-state index in [2.05, 4.69) is 33.7 Å². The number of nitrogens with one attached hydrogen (secondary N) is 1. The van der Waals surface area contributed by atoms with Crippen LogP contribution in [-0.4, -0.2) is 35.3 Å². The van der Waals surface area contributed by atoms with Gasteiger partial charge in [-0.05, 0) is 23.9 Å². The SMILES string of the molecule is Cc1ccsc1CN(C)c1cc(NCCO)nc(N)n1. The summed E-state index contributed by atoms with van der Waals surface area (Å²) in [5, 5.41) is 13.9. The van der Waals surface area contributed by atoms with E-state index < -0.39 is 0 Å². The third-order valence-electron chi connectivity index (χ3n) is 2.89. The number of aromatic nitrogens is 2. The topological polar surface area (TPSA) is 87.3 Å². The lowest BCUT2D eigenvalue weighted by Crippen LogP contribution is -2.19. The second-order valence-electron chi connectivity index (χ2n) is 4.50. The first-order valence-electron chi connectivity index (χ1n) is 6.33. The largest absolute Gasteiger partial charge is 0.395 e. The number of aliphatic hydroxyl groups excluding tert-OH is 1. The van der Waals surface area contributed by atoms with Crippen LogP contribution in [0.3, 0.4) is 0 Å². The van der Waals surface area contributed by atoms with Crippen molar-refractivity contribution in [2.24, 2.45) is 0 Å². The zero-order valence-electron chi connectivity index (χ0n) is 11.6. The van der Waals surface area contributed by atoms with Gasteiger partial charge in [0.1, 0.15) is 11.6 Å². The van der Waals surface area contributed by atoms with Crippen LogP contribution >= 0.6 is 11.3 Å². The van der Waals surface area contributed by atoms with Crippen LogP contribution in [0.1, 0.15) is 10.4 Å². The van der Waals surface area contributed by atoms with Crippen LogP contribution in [0.15, 0.2) is 17.5 Å². The van der Waals surface area contributed by atoms with Gasteiger partial charge in [-0.1, -0.05) is 0 Å². The molecule has 0 aromatic carbocycles. The van der Waals surface area contributed by atoms with Crippen molar-refractivity contribution in [2.75, 3.05) is 36.1 Å². The molecule has 2 aromatic heterocycles. The summed E-state index contributed by atoms with van der Waals surface area (Å²) < 4.78 is 0. The molecule has 0 saturated heterocycles. The van der Waals surface area contributed by atoms with E-state index in [-0.39, 0.29) is 12.6 Å². The molecule has 2 rings (SSSR count). The molecule has 2 heterocycles. The highest BCUT2D eigenvalue weighted by molar-refractivity contribution is 7.10. The van der Waals surface area contributed by atoms with Crippen molar-refractivity contribution in [1.29, 1.82) is 0 Å². The van der Waals surface area contributed by atoms with Crippen molar-refractivity contribution in [3.8, 4) is 0 Å². The molecule has 0 saturated carbocycles. The second kappa shape index (κ2) is 6.53. The van der Waals surface area contributed by atoms with E-state index in [0.29, 0.717) is 12.4 Å². The van der Waals surface area contributed by atoms with Crippen LogP contribution in [0.4, 0.5) is 17.6 Å². The van der Waals surface area contributed by atoms with E-state index >= 15 is 0 Å². The molecule has 0 aliphatic heterocycles. The van der Waals surface area contributed by atoms with Crippen LogP contribution < -0.4 is 16.0 Å². The highest BCUT2D eigenvalue weighted by Gasteiger charge is 2.09. The number of nitrogens with two attached hydrogens (primary N) is 1. The van der Waals surface area contributed by atoms with Crippen LogP contribution in [0.2, 0.25) is 0 Å². The molecule has 2 aromatic rings. The Kier molecular flexibility index (Phi) is 4.75. The summed E-state index contributed by atoms with van der Waals surface area (Å²) in [5.74, 6) is 1.60. The molecular formula is C13H19N5OS. The Labute approximate surface area is 122 Å². The number of hydrogen-bond donors (Lipinski definition) is 3. The lowest BCUT2D eigenvalue weighted by atomic mass is 10.3. The van der Waals surface area contributed by atoms with Crippen molar-refractivity contribution < 1.29 is 5.11 Å². The molecule has 0 radical (unpaired) electrons. The molecule has 0 unspecified atom stereocenters. The summed E-state index contributed by atoms with van der Waals surface area (Å²) in [6, 6.07) is 3.94. The summed E-state index contributed by atoms with van der Waals surface area (Å²) in [6.07, 6.45) is 0. The summed E-state index contributed by atoms with van der Waals surface area (Å²) in [4.78, 5) is 11.7. The van der Waals surface area contributed by atoms with Gasteiger partial charge in [0.2, 0.25) is 5.95 Å². The van der Waals surface area contributed by atoms with Crippen molar-refractivity contribution in [1.82, 2.24) is 9.97 Å². The number of rotatable bonds is 6. The van der Waals surface area contributed by atoms with Gasteiger partial charge in [-0.15, -0.1) is 11.3 Å². The second-order valence-corrected chi connectivity index (χ2v) is 5.50. The van der Waals surface area contributed by atoms with Crippen molar-refractivity contribution >= 4 is 28.9 Å². The Bertz CT molecular complexity index is 572. The Hall–Kier alpha value is -1.86. The Morgan fingerprint density at radius 1 is 1.45 bits per heavy atom. The zero-order valence-corrected chi connectivity index (χ0v) is 12.4. The quantitative estimate of drug-likeness (QED) is 0.747. The predicted molar refractivity (Wildman–Crippen MR) is 83.2 cm³/mol. The van der Waals surface area contributed by atoms with Crippen molar-refractivity contribution in [3.05, 3.63) is 28.0 Å². The third kappa shape index (κ3) is 3.58. The number of aliphatic hydroxyl groups is 1. The number of thiophene rings is 1. The van der Waals surface area contributed by atoms with Crippen LogP contribution in [-0.2, 0) is 6.54 Å². The molecule has 0 aliphatic rings. The third-order valence-corrected chi connectivity index (χ3v) is 3.90. The fourth-order valence-corrected chi connectivity index (χ4v) is 2.74. The van der Waals surface area contributed by atoms with E-state index in [0.717, 1.165) is 12.4 Å². The lowest BCUT2D eigenvalue weighted by molar-refractivity contribution is 0.311. The van der Waals surface area contributed by atoms with E-state index in [1.807, 2.05) is 18.0 Å². The fraction of sp³-hybridized carbons (Fsp3) is 0.385. The van der Waals surface area contributed by atoms with Gasteiger partial charge in [-0.3, -0.25) is 0 Å². The standard InChI is InChI=1S/C13H19N5OS/c1-9-3-6-20-10(9)8-18(2)12-7-11(15-4-5-19)16-13(14)17-12/h3,6-7,19H,4-5,8H2,1-2H3,(H3,14,15,16,17).